The van der Waals surface area contributed by atoms with Crippen molar-refractivity contribution in [3.05, 3.63) is 151 Å². The molecule has 0 aliphatic carbocycles. The fourth-order valence-electron chi connectivity index (χ4n) is 7.37. The number of ether oxygens (including phenoxy) is 4. The van der Waals surface area contributed by atoms with Gasteiger partial charge in [-0.3, -0.25) is 9.78 Å². The third-order valence-corrected chi connectivity index (χ3v) is 11.3. The first-order valence-electron chi connectivity index (χ1n) is 20.4. The van der Waals surface area contributed by atoms with Gasteiger partial charge >= 0.3 is 6.18 Å². The maximum absolute atomic E-state index is 17.1. The van der Waals surface area contributed by atoms with Gasteiger partial charge in [-0.05, 0) is 96.2 Å². The molecule has 0 unspecified atom stereocenters. The average Bonchev–Trinajstić information content (AvgIpc) is 3.30. The van der Waals surface area contributed by atoms with Crippen molar-refractivity contribution in [3.63, 3.8) is 0 Å². The van der Waals surface area contributed by atoms with Crippen LogP contribution in [0, 0.1) is 12.7 Å². The molecule has 19 heteroatoms. The summed E-state index contributed by atoms with van der Waals surface area (Å²) in [6, 6.07) is 24.6. The van der Waals surface area contributed by atoms with Crippen LogP contribution in [-0.4, -0.2) is 59.6 Å². The first kappa shape index (κ1) is 47.3. The highest BCUT2D eigenvalue weighted by Gasteiger charge is 2.40. The molecule has 3 N–H and O–H groups in total. The van der Waals surface area contributed by atoms with E-state index in [2.05, 4.69) is 35.8 Å². The lowest BCUT2D eigenvalue weighted by Crippen LogP contribution is -2.26. The lowest BCUT2D eigenvalue weighted by atomic mass is 9.98. The van der Waals surface area contributed by atoms with Gasteiger partial charge in [-0.15, -0.1) is 5.10 Å². The molecule has 1 atom stereocenters. The van der Waals surface area contributed by atoms with Crippen LogP contribution in [0.1, 0.15) is 46.3 Å². The van der Waals surface area contributed by atoms with Gasteiger partial charge in [-0.25, -0.2) is 14.4 Å². The molecule has 0 saturated carbocycles. The second-order valence-corrected chi connectivity index (χ2v) is 15.8. The molecule has 7 aromatic rings. The van der Waals surface area contributed by atoms with Crippen molar-refractivity contribution >= 4 is 45.7 Å². The monoisotopic (exact) mass is 946 g/mol. The Morgan fingerprint density at radius 2 is 1.41 bits per heavy atom. The molecule has 0 bridgehead atoms. The highest BCUT2D eigenvalue weighted by atomic mass is 35.5. The zero-order chi connectivity index (χ0) is 47.1. The predicted octanol–water partition coefficient (Wildman–Crippen LogP) is 10.1. The standard InChI is InChI=1S/C47H44Cl2F4N8O5/c1-26-22-35(61(24-29-8-14-32(64-4)15-9-29)25-30-10-16-33(65-5)17-11-30)57-41(38(26)47(51,52)53)36-39(48)43(37-42(40(36)50)58-46(49)59-45(37)62)66-21-20-54-27(2)34-18-19-56-60-44(34)55-23-28-6-12-31(63-3)13-7-28/h6-19,22,27,54H,20-21,23-25H2,1-5H3,(H,55,60)(H,58,59,62)/t27-/m1/s1. The number of H-pyrrole nitrogens is 1. The minimum Gasteiger partial charge on any atom is -0.497 e. The van der Waals surface area contributed by atoms with Crippen LogP contribution in [-0.2, 0) is 25.8 Å². The number of halogens is 6. The fourth-order valence-corrected chi connectivity index (χ4v) is 7.86. The van der Waals surface area contributed by atoms with Crippen molar-refractivity contribution in [2.45, 2.75) is 45.7 Å². The molecule has 7 rings (SSSR count). The smallest absolute Gasteiger partial charge is 0.418 e. The molecule has 0 saturated heterocycles. The van der Waals surface area contributed by atoms with Crippen molar-refractivity contribution in [3.8, 4) is 34.3 Å². The molecule has 66 heavy (non-hydrogen) atoms. The Kier molecular flexibility index (Phi) is 14.8. The van der Waals surface area contributed by atoms with Gasteiger partial charge in [0.2, 0.25) is 5.28 Å². The third kappa shape index (κ3) is 10.7. The summed E-state index contributed by atoms with van der Waals surface area (Å²) in [6.45, 7) is 3.87. The molecule has 3 aromatic heterocycles. The quantitative estimate of drug-likeness (QED) is 0.0427. The zero-order valence-electron chi connectivity index (χ0n) is 36.3. The van der Waals surface area contributed by atoms with E-state index in [-0.39, 0.29) is 43.7 Å². The Hall–Kier alpha value is -6.69. The average molecular weight is 948 g/mol. The number of alkyl halides is 3. The van der Waals surface area contributed by atoms with Crippen LogP contribution in [0.25, 0.3) is 22.2 Å². The fraction of sp³-hybridized carbons (Fsp3) is 0.255. The Labute approximate surface area is 387 Å². The number of benzene rings is 4. The third-order valence-electron chi connectivity index (χ3n) is 10.7. The van der Waals surface area contributed by atoms with E-state index in [1.807, 2.05) is 55.5 Å². The van der Waals surface area contributed by atoms with Gasteiger partial charge in [0.05, 0.1) is 49.4 Å². The molecule has 0 aliphatic rings. The summed E-state index contributed by atoms with van der Waals surface area (Å²) in [6.07, 6.45) is -3.49. The second-order valence-electron chi connectivity index (χ2n) is 15.0. The van der Waals surface area contributed by atoms with Gasteiger partial charge < -0.3 is 34.5 Å². The number of nitrogens with zero attached hydrogens (tertiary/aromatic N) is 5. The summed E-state index contributed by atoms with van der Waals surface area (Å²) in [5, 5.41) is 13.3. The predicted molar refractivity (Wildman–Crippen MR) is 245 cm³/mol. The topological polar surface area (TPSA) is 149 Å². The van der Waals surface area contributed by atoms with Crippen molar-refractivity contribution < 1.29 is 36.5 Å². The van der Waals surface area contributed by atoms with Gasteiger partial charge in [0.25, 0.3) is 5.56 Å². The lowest BCUT2D eigenvalue weighted by Gasteiger charge is -2.27. The second kappa shape index (κ2) is 20.6. The van der Waals surface area contributed by atoms with Crippen LogP contribution >= 0.6 is 23.2 Å². The van der Waals surface area contributed by atoms with Gasteiger partial charge in [0.1, 0.15) is 40.6 Å². The summed E-state index contributed by atoms with van der Waals surface area (Å²) in [7, 11) is 4.66. The van der Waals surface area contributed by atoms with Crippen LogP contribution in [0.3, 0.4) is 0 Å². The highest BCUT2D eigenvalue weighted by molar-refractivity contribution is 6.36. The molecule has 0 spiro atoms. The maximum atomic E-state index is 17.1. The highest BCUT2D eigenvalue weighted by Crippen LogP contribution is 2.47. The summed E-state index contributed by atoms with van der Waals surface area (Å²) in [5.41, 5.74) is -1.43. The molecule has 13 nitrogen and oxygen atoms in total. The molecule has 344 valence electrons. The van der Waals surface area contributed by atoms with E-state index in [0.29, 0.717) is 23.9 Å². The van der Waals surface area contributed by atoms with E-state index in [1.165, 1.54) is 27.2 Å². The molecular formula is C47H44Cl2F4N8O5. The van der Waals surface area contributed by atoms with Crippen LogP contribution in [0.5, 0.6) is 23.0 Å². The molecule has 3 heterocycles. The first-order chi connectivity index (χ1) is 31.7. The maximum Gasteiger partial charge on any atom is 0.418 e. The molecule has 4 aromatic carbocycles. The number of anilines is 2. The number of nitrogens with one attached hydrogen (secondary N) is 3. The van der Waals surface area contributed by atoms with Crippen molar-refractivity contribution in [1.82, 2.24) is 30.5 Å². The number of hydrogen-bond acceptors (Lipinski definition) is 12. The number of fused-ring (bicyclic) bond motifs is 1. The molecule has 0 amide bonds. The Bertz CT molecular complexity index is 2820. The van der Waals surface area contributed by atoms with Crippen molar-refractivity contribution in [2.75, 3.05) is 44.7 Å². The number of pyridine rings is 1. The molecular weight excluding hydrogens is 903 g/mol. The largest absolute Gasteiger partial charge is 0.497 e. The number of hydrogen-bond donors (Lipinski definition) is 3. The van der Waals surface area contributed by atoms with E-state index in [0.717, 1.165) is 28.0 Å². The van der Waals surface area contributed by atoms with E-state index in [4.69, 9.17) is 42.1 Å². The Balaban J connectivity index is 1.24. The molecule has 0 radical (unpaired) electrons. The van der Waals surface area contributed by atoms with Crippen LogP contribution < -0.4 is 40.0 Å². The SMILES string of the molecule is COc1ccc(CNc2nnccc2[C@@H](C)NCCOc2c(Cl)c(-c3nc(N(Cc4ccc(OC)cc4)Cc4ccc(OC)cc4)cc(C)c3C(F)(F)F)c(F)c3nc(Cl)[nH]c(=O)c23)cc1. The summed E-state index contributed by atoms with van der Waals surface area (Å²) in [4.78, 5) is 26.0. The number of aromatic nitrogens is 5. The minimum atomic E-state index is -5.04. The first-order valence-corrected chi connectivity index (χ1v) is 21.2. The van der Waals surface area contributed by atoms with E-state index >= 15 is 17.6 Å². The van der Waals surface area contributed by atoms with Crippen LogP contribution in [0.2, 0.25) is 10.3 Å². The number of rotatable bonds is 18. The normalized spacial score (nSPS) is 11.9. The molecule has 0 fully saturated rings. The number of methoxy groups -OCH3 is 3. The van der Waals surface area contributed by atoms with Crippen molar-refractivity contribution in [1.29, 1.82) is 0 Å². The van der Waals surface area contributed by atoms with Gasteiger partial charge in [0, 0.05) is 37.8 Å². The summed E-state index contributed by atoms with van der Waals surface area (Å²) >= 11 is 13.1. The van der Waals surface area contributed by atoms with E-state index < -0.39 is 61.3 Å². The van der Waals surface area contributed by atoms with Crippen LogP contribution in [0.4, 0.5) is 29.2 Å². The minimum absolute atomic E-state index is 0.0683. The van der Waals surface area contributed by atoms with E-state index in [9.17, 15) is 4.79 Å². The zero-order valence-corrected chi connectivity index (χ0v) is 37.8. The van der Waals surface area contributed by atoms with Gasteiger partial charge in [-0.2, -0.15) is 18.3 Å². The van der Waals surface area contributed by atoms with Gasteiger partial charge in [0.15, 0.2) is 17.4 Å². The Morgan fingerprint density at radius 1 is 0.833 bits per heavy atom. The number of aromatic amines is 1. The van der Waals surface area contributed by atoms with E-state index in [1.54, 1.807) is 48.5 Å². The summed E-state index contributed by atoms with van der Waals surface area (Å²) < 4.78 is 84.7. The molecule has 0 aliphatic heterocycles. The van der Waals surface area contributed by atoms with Crippen molar-refractivity contribution in [2.24, 2.45) is 0 Å². The van der Waals surface area contributed by atoms with Gasteiger partial charge in [-0.1, -0.05) is 48.0 Å². The lowest BCUT2D eigenvalue weighted by molar-refractivity contribution is -0.137. The Morgan fingerprint density at radius 3 is 1.97 bits per heavy atom. The van der Waals surface area contributed by atoms with Crippen LogP contribution in [0.15, 0.2) is 95.9 Å². The summed E-state index contributed by atoms with van der Waals surface area (Å²) in [5.74, 6) is 0.772. The number of aryl methyl sites for hydroxylation is 1.